The van der Waals surface area contributed by atoms with Gasteiger partial charge in [-0.15, -0.1) is 0 Å². The van der Waals surface area contributed by atoms with Crippen LogP contribution in [0.15, 0.2) is 81.5 Å². The maximum Gasteiger partial charge on any atom is 0.336 e. The first-order chi connectivity index (χ1) is 10.3. The Morgan fingerprint density at radius 3 is 2.57 bits per heavy atom. The van der Waals surface area contributed by atoms with Crippen LogP contribution in [-0.4, -0.2) is 0 Å². The van der Waals surface area contributed by atoms with Crippen molar-refractivity contribution in [3.63, 3.8) is 0 Å². The number of rotatable bonds is 5. The molecule has 0 amide bonds. The summed E-state index contributed by atoms with van der Waals surface area (Å²) in [6.07, 6.45) is 10.8. The first kappa shape index (κ1) is 14.8. The minimum absolute atomic E-state index is 0.330. The van der Waals surface area contributed by atoms with Crippen LogP contribution < -0.4 is 5.63 Å². The molecule has 1 aromatic carbocycles. The average molecular weight is 278 g/mol. The third kappa shape index (κ3) is 5.11. The van der Waals surface area contributed by atoms with Crippen LogP contribution in [0.5, 0.6) is 0 Å². The predicted molar refractivity (Wildman–Crippen MR) is 87.9 cm³/mol. The Morgan fingerprint density at radius 2 is 1.86 bits per heavy atom. The van der Waals surface area contributed by atoms with Crippen molar-refractivity contribution >= 4 is 12.2 Å². The molecule has 0 aliphatic carbocycles. The lowest BCUT2D eigenvalue weighted by Crippen LogP contribution is -1.94. The van der Waals surface area contributed by atoms with Crippen molar-refractivity contribution in [1.82, 2.24) is 0 Å². The van der Waals surface area contributed by atoms with E-state index in [2.05, 4.69) is 31.2 Å². The van der Waals surface area contributed by atoms with Crippen LogP contribution in [0.3, 0.4) is 0 Å². The SMILES string of the molecule is CCC(C=Cc1cccc(=O)o1)=CC=Cc1ccccc1. The van der Waals surface area contributed by atoms with Gasteiger partial charge in [0.25, 0.3) is 0 Å². The Kier molecular flexibility index (Phi) is 5.53. The van der Waals surface area contributed by atoms with Crippen molar-refractivity contribution in [3.8, 4) is 0 Å². The van der Waals surface area contributed by atoms with Crippen LogP contribution in [0.2, 0.25) is 0 Å². The quantitative estimate of drug-likeness (QED) is 0.742. The third-order valence-electron chi connectivity index (χ3n) is 2.98. The van der Waals surface area contributed by atoms with Gasteiger partial charge in [-0.2, -0.15) is 0 Å². The second kappa shape index (κ2) is 7.85. The van der Waals surface area contributed by atoms with Crippen LogP contribution in [0.25, 0.3) is 12.2 Å². The predicted octanol–water partition coefficient (Wildman–Crippen LogP) is 4.70. The van der Waals surface area contributed by atoms with Crippen molar-refractivity contribution < 1.29 is 4.42 Å². The van der Waals surface area contributed by atoms with Gasteiger partial charge >= 0.3 is 5.63 Å². The lowest BCUT2D eigenvalue weighted by atomic mass is 10.1. The minimum Gasteiger partial charge on any atom is -0.423 e. The Morgan fingerprint density at radius 1 is 1.05 bits per heavy atom. The normalized spacial score (nSPS) is 12.3. The highest BCUT2D eigenvalue weighted by Gasteiger charge is 1.91. The molecule has 106 valence electrons. The highest BCUT2D eigenvalue weighted by molar-refractivity contribution is 5.53. The van der Waals surface area contributed by atoms with Crippen molar-refractivity contribution in [2.75, 3.05) is 0 Å². The molecule has 0 aliphatic heterocycles. The van der Waals surface area contributed by atoms with Crippen molar-refractivity contribution in [3.05, 3.63) is 94.1 Å². The van der Waals surface area contributed by atoms with Gasteiger partial charge in [-0.25, -0.2) is 4.79 Å². The molecule has 0 atom stereocenters. The molecular formula is C19H18O2. The monoisotopic (exact) mass is 278 g/mol. The highest BCUT2D eigenvalue weighted by atomic mass is 16.4. The largest absolute Gasteiger partial charge is 0.423 e. The fraction of sp³-hybridized carbons (Fsp3) is 0.105. The smallest absolute Gasteiger partial charge is 0.336 e. The van der Waals surface area contributed by atoms with Gasteiger partial charge in [-0.05, 0) is 29.7 Å². The summed E-state index contributed by atoms with van der Waals surface area (Å²) in [6.45, 7) is 2.09. The molecule has 0 bridgehead atoms. The molecule has 0 saturated carbocycles. The van der Waals surface area contributed by atoms with Gasteiger partial charge in [-0.1, -0.05) is 67.6 Å². The highest BCUT2D eigenvalue weighted by Crippen LogP contribution is 2.08. The van der Waals surface area contributed by atoms with E-state index in [1.54, 1.807) is 12.1 Å². The molecule has 0 saturated heterocycles. The molecule has 0 aliphatic rings. The summed E-state index contributed by atoms with van der Waals surface area (Å²) in [5, 5.41) is 0. The van der Waals surface area contributed by atoms with E-state index in [1.165, 1.54) is 11.6 Å². The molecule has 0 fully saturated rings. The van der Waals surface area contributed by atoms with Gasteiger partial charge < -0.3 is 4.42 Å². The fourth-order valence-corrected chi connectivity index (χ4v) is 1.82. The van der Waals surface area contributed by atoms with Gasteiger partial charge in [0.2, 0.25) is 0 Å². The van der Waals surface area contributed by atoms with E-state index in [4.69, 9.17) is 4.42 Å². The molecule has 0 spiro atoms. The maximum absolute atomic E-state index is 11.1. The molecule has 1 aromatic heterocycles. The van der Waals surface area contributed by atoms with Crippen molar-refractivity contribution in [1.29, 1.82) is 0 Å². The zero-order chi connectivity index (χ0) is 14.9. The number of allylic oxidation sites excluding steroid dienone is 4. The molecule has 0 unspecified atom stereocenters. The molecule has 21 heavy (non-hydrogen) atoms. The summed E-state index contributed by atoms with van der Waals surface area (Å²) >= 11 is 0. The zero-order valence-electron chi connectivity index (χ0n) is 12.0. The van der Waals surface area contributed by atoms with Crippen LogP contribution >= 0.6 is 0 Å². The molecule has 1 heterocycles. The molecule has 2 nitrogen and oxygen atoms in total. The zero-order valence-corrected chi connectivity index (χ0v) is 12.0. The minimum atomic E-state index is -0.330. The van der Waals surface area contributed by atoms with E-state index in [0.717, 1.165) is 12.0 Å². The first-order valence-corrected chi connectivity index (χ1v) is 6.98. The van der Waals surface area contributed by atoms with E-state index >= 15 is 0 Å². The first-order valence-electron chi connectivity index (χ1n) is 6.98. The summed E-state index contributed by atoms with van der Waals surface area (Å²) in [5.74, 6) is 0.564. The maximum atomic E-state index is 11.1. The Bertz CT molecular complexity index is 704. The van der Waals surface area contributed by atoms with Crippen LogP contribution in [-0.2, 0) is 0 Å². The van der Waals surface area contributed by atoms with Gasteiger partial charge in [0.05, 0.1) is 0 Å². The van der Waals surface area contributed by atoms with E-state index < -0.39 is 0 Å². The van der Waals surface area contributed by atoms with Gasteiger partial charge in [0, 0.05) is 6.07 Å². The lowest BCUT2D eigenvalue weighted by Gasteiger charge is -1.95. The van der Waals surface area contributed by atoms with Crippen molar-refractivity contribution in [2.45, 2.75) is 13.3 Å². The van der Waals surface area contributed by atoms with Crippen molar-refractivity contribution in [2.24, 2.45) is 0 Å². The Hall–Kier alpha value is -2.61. The summed E-state index contributed by atoms with van der Waals surface area (Å²) < 4.78 is 5.06. The van der Waals surface area contributed by atoms with E-state index in [-0.39, 0.29) is 5.63 Å². The summed E-state index contributed by atoms with van der Waals surface area (Å²) in [6, 6.07) is 15.0. The van der Waals surface area contributed by atoms with Gasteiger partial charge in [0.1, 0.15) is 5.76 Å². The van der Waals surface area contributed by atoms with Gasteiger partial charge in [-0.3, -0.25) is 0 Å². The standard InChI is InChI=1S/C19H18O2/c1-2-16(10-6-11-17-8-4-3-5-9-17)14-15-18-12-7-13-19(20)21-18/h3-15H,2H2,1H3. The molecule has 2 heteroatoms. The van der Waals surface area contributed by atoms with Crippen LogP contribution in [0.1, 0.15) is 24.7 Å². The van der Waals surface area contributed by atoms with E-state index in [0.29, 0.717) is 5.76 Å². The number of benzene rings is 1. The number of hydrogen-bond acceptors (Lipinski definition) is 2. The Balaban J connectivity index is 2.07. The summed E-state index contributed by atoms with van der Waals surface area (Å²) in [4.78, 5) is 11.1. The van der Waals surface area contributed by atoms with E-state index in [9.17, 15) is 4.79 Å². The average Bonchev–Trinajstić information content (AvgIpc) is 2.52. The van der Waals surface area contributed by atoms with E-state index in [1.807, 2.05) is 36.4 Å². The fourth-order valence-electron chi connectivity index (χ4n) is 1.82. The molecule has 0 radical (unpaired) electrons. The topological polar surface area (TPSA) is 30.2 Å². The lowest BCUT2D eigenvalue weighted by molar-refractivity contribution is 0.501. The van der Waals surface area contributed by atoms with Crippen LogP contribution in [0, 0.1) is 0 Å². The summed E-state index contributed by atoms with van der Waals surface area (Å²) in [7, 11) is 0. The van der Waals surface area contributed by atoms with Gasteiger partial charge in [0.15, 0.2) is 0 Å². The number of hydrogen-bond donors (Lipinski definition) is 0. The molecule has 2 aromatic rings. The summed E-state index contributed by atoms with van der Waals surface area (Å²) in [5.41, 5.74) is 2.00. The van der Waals surface area contributed by atoms with Crippen LogP contribution in [0.4, 0.5) is 0 Å². The third-order valence-corrected chi connectivity index (χ3v) is 2.98. The second-order valence-corrected chi connectivity index (χ2v) is 4.55. The second-order valence-electron chi connectivity index (χ2n) is 4.55. The molecular weight excluding hydrogens is 260 g/mol. The molecule has 2 rings (SSSR count). The Labute approximate surface area is 124 Å². The molecule has 0 N–H and O–H groups in total.